The van der Waals surface area contributed by atoms with E-state index in [0.29, 0.717) is 22.6 Å². The Labute approximate surface area is 163 Å². The Morgan fingerprint density at radius 1 is 0.926 bits per heavy atom. The zero-order chi connectivity index (χ0) is 19.0. The van der Waals surface area contributed by atoms with Crippen molar-refractivity contribution >= 4 is 23.4 Å². The van der Waals surface area contributed by atoms with Crippen LogP contribution in [0.15, 0.2) is 60.2 Å². The monoisotopic (exact) mass is 380 g/mol. The molecule has 0 amide bonds. The van der Waals surface area contributed by atoms with Crippen LogP contribution >= 0.6 is 11.6 Å². The van der Waals surface area contributed by atoms with Gasteiger partial charge >= 0.3 is 5.97 Å². The van der Waals surface area contributed by atoms with Gasteiger partial charge in [0, 0.05) is 16.2 Å². The zero-order valence-corrected chi connectivity index (χ0v) is 15.7. The zero-order valence-electron chi connectivity index (χ0n) is 14.9. The van der Waals surface area contributed by atoms with E-state index in [2.05, 4.69) is 12.1 Å². The van der Waals surface area contributed by atoms with E-state index in [1.807, 2.05) is 12.1 Å². The number of carbonyl (C=O) groups excluding carboxylic acids is 1. The van der Waals surface area contributed by atoms with Gasteiger partial charge in [-0.05, 0) is 60.8 Å². The third kappa shape index (κ3) is 3.44. The predicted octanol–water partition coefficient (Wildman–Crippen LogP) is 5.60. The van der Waals surface area contributed by atoms with Crippen LogP contribution in [0.4, 0.5) is 0 Å². The quantitative estimate of drug-likeness (QED) is 0.753. The molecule has 1 saturated carbocycles. The van der Waals surface area contributed by atoms with Crippen LogP contribution in [0.3, 0.4) is 0 Å². The molecule has 0 aliphatic heterocycles. The molecule has 2 aromatic rings. The van der Waals surface area contributed by atoms with Crippen molar-refractivity contribution in [1.82, 2.24) is 0 Å². The van der Waals surface area contributed by atoms with E-state index in [4.69, 9.17) is 11.6 Å². The van der Waals surface area contributed by atoms with Crippen molar-refractivity contribution in [3.05, 3.63) is 81.9 Å². The summed E-state index contributed by atoms with van der Waals surface area (Å²) < 4.78 is 0. The second kappa shape index (κ2) is 7.32. The maximum absolute atomic E-state index is 13.0. The summed E-state index contributed by atoms with van der Waals surface area (Å²) in [4.78, 5) is 24.7. The fourth-order valence-electron chi connectivity index (χ4n) is 4.47. The molecular weight excluding hydrogens is 360 g/mol. The number of fused-ring (bicyclic) bond motifs is 1. The van der Waals surface area contributed by atoms with Crippen LogP contribution in [0.2, 0.25) is 5.02 Å². The number of benzene rings is 2. The molecule has 0 spiro atoms. The van der Waals surface area contributed by atoms with Gasteiger partial charge in [-0.25, -0.2) is 0 Å². The lowest BCUT2D eigenvalue weighted by molar-refractivity contribution is -0.137. The highest BCUT2D eigenvalue weighted by Crippen LogP contribution is 2.42. The Bertz CT molecular complexity index is 905. The lowest BCUT2D eigenvalue weighted by Crippen LogP contribution is -2.26. The molecule has 3 nitrogen and oxygen atoms in total. The molecule has 1 unspecified atom stereocenters. The summed E-state index contributed by atoms with van der Waals surface area (Å²) in [6.07, 6.45) is 5.49. The summed E-state index contributed by atoms with van der Waals surface area (Å²) in [7, 11) is 0. The third-order valence-corrected chi connectivity index (χ3v) is 6.18. The number of ketones is 1. The number of carboxylic acid groups (broad SMARTS) is 1. The smallest absolute Gasteiger partial charge is 0.314 e. The molecule has 1 fully saturated rings. The molecule has 2 aliphatic rings. The van der Waals surface area contributed by atoms with Gasteiger partial charge < -0.3 is 5.11 Å². The van der Waals surface area contributed by atoms with Crippen molar-refractivity contribution in [2.45, 2.75) is 37.5 Å². The van der Waals surface area contributed by atoms with Crippen LogP contribution in [0.1, 0.15) is 59.0 Å². The average Bonchev–Trinajstić information content (AvgIpc) is 2.69. The Morgan fingerprint density at radius 3 is 2.22 bits per heavy atom. The SMILES string of the molecule is O=C1C(C2CCC(c3ccc(Cl)cc3)CC2)=CC(C(=O)O)c2ccccc21. The lowest BCUT2D eigenvalue weighted by atomic mass is 9.71. The first-order valence-electron chi connectivity index (χ1n) is 9.38. The Hall–Kier alpha value is -2.39. The minimum Gasteiger partial charge on any atom is -0.481 e. The fourth-order valence-corrected chi connectivity index (χ4v) is 4.60. The van der Waals surface area contributed by atoms with E-state index in [9.17, 15) is 14.7 Å². The molecule has 0 heterocycles. The molecule has 1 atom stereocenters. The molecule has 0 aromatic heterocycles. The number of hydrogen-bond donors (Lipinski definition) is 1. The minimum absolute atomic E-state index is 0.00181. The van der Waals surface area contributed by atoms with E-state index in [1.165, 1.54) is 5.56 Å². The van der Waals surface area contributed by atoms with Gasteiger partial charge in [-0.2, -0.15) is 0 Å². The molecule has 2 aliphatic carbocycles. The van der Waals surface area contributed by atoms with E-state index in [0.717, 1.165) is 30.7 Å². The van der Waals surface area contributed by atoms with E-state index in [1.54, 1.807) is 30.3 Å². The first-order valence-corrected chi connectivity index (χ1v) is 9.76. The number of Topliss-reactive ketones (excluding diaryl/α,β-unsaturated/α-hetero) is 1. The van der Waals surface area contributed by atoms with E-state index < -0.39 is 11.9 Å². The first-order chi connectivity index (χ1) is 13.0. The van der Waals surface area contributed by atoms with Crippen LogP contribution in [0, 0.1) is 5.92 Å². The topological polar surface area (TPSA) is 54.4 Å². The maximum Gasteiger partial charge on any atom is 0.314 e. The van der Waals surface area contributed by atoms with Crippen LogP contribution < -0.4 is 0 Å². The summed E-state index contributed by atoms with van der Waals surface area (Å²) >= 11 is 5.98. The number of carbonyl (C=O) groups is 2. The molecular formula is C23H21ClO3. The van der Waals surface area contributed by atoms with Crippen LogP contribution in [-0.2, 0) is 4.79 Å². The number of rotatable bonds is 3. The van der Waals surface area contributed by atoms with E-state index in [-0.39, 0.29) is 11.7 Å². The Balaban J connectivity index is 1.55. The number of halogens is 1. The number of aliphatic carboxylic acids is 1. The van der Waals surface area contributed by atoms with Gasteiger partial charge in [-0.15, -0.1) is 0 Å². The van der Waals surface area contributed by atoms with Gasteiger partial charge in [-0.3, -0.25) is 9.59 Å². The molecule has 2 aromatic carbocycles. The Kier molecular flexibility index (Phi) is 4.88. The van der Waals surface area contributed by atoms with Gasteiger partial charge in [0.25, 0.3) is 0 Å². The molecule has 27 heavy (non-hydrogen) atoms. The minimum atomic E-state index is -0.901. The number of allylic oxidation sites excluding steroid dienone is 1. The summed E-state index contributed by atoms with van der Waals surface area (Å²) in [6, 6.07) is 15.1. The summed E-state index contributed by atoms with van der Waals surface area (Å²) in [6.45, 7) is 0. The lowest BCUT2D eigenvalue weighted by Gasteiger charge is -2.32. The molecule has 138 valence electrons. The Morgan fingerprint density at radius 2 is 1.56 bits per heavy atom. The highest BCUT2D eigenvalue weighted by Gasteiger charge is 2.35. The molecule has 1 N–H and O–H groups in total. The normalized spacial score (nSPS) is 24.9. The molecule has 0 bridgehead atoms. The number of carboxylic acids is 1. The van der Waals surface area contributed by atoms with Crippen molar-refractivity contribution < 1.29 is 14.7 Å². The molecule has 4 rings (SSSR count). The van der Waals surface area contributed by atoms with Crippen molar-refractivity contribution in [2.75, 3.05) is 0 Å². The molecule has 4 heteroatoms. The standard InChI is InChI=1S/C23H21ClO3/c24-17-11-9-15(10-12-17)14-5-7-16(8-6-14)20-13-21(23(26)27)18-3-1-2-4-19(18)22(20)25/h1-4,9-14,16,21H,5-8H2,(H,26,27). The van der Waals surface area contributed by atoms with Gasteiger partial charge in [-0.1, -0.05) is 54.1 Å². The first kappa shape index (κ1) is 18.0. The fraction of sp³-hybridized carbons (Fsp3) is 0.304. The van der Waals surface area contributed by atoms with Crippen molar-refractivity contribution in [2.24, 2.45) is 5.92 Å². The maximum atomic E-state index is 13.0. The highest BCUT2D eigenvalue weighted by atomic mass is 35.5. The summed E-state index contributed by atoms with van der Waals surface area (Å²) in [5.74, 6) is -1.03. The largest absolute Gasteiger partial charge is 0.481 e. The summed E-state index contributed by atoms with van der Waals surface area (Å²) in [5, 5.41) is 10.4. The van der Waals surface area contributed by atoms with Gasteiger partial charge in [0.1, 0.15) is 5.92 Å². The van der Waals surface area contributed by atoms with Gasteiger partial charge in [0.2, 0.25) is 0 Å². The predicted molar refractivity (Wildman–Crippen MR) is 105 cm³/mol. The van der Waals surface area contributed by atoms with Crippen LogP contribution in [0.25, 0.3) is 0 Å². The van der Waals surface area contributed by atoms with E-state index >= 15 is 0 Å². The van der Waals surface area contributed by atoms with Gasteiger partial charge in [0.15, 0.2) is 5.78 Å². The molecule has 0 saturated heterocycles. The number of hydrogen-bond acceptors (Lipinski definition) is 2. The molecule has 0 radical (unpaired) electrons. The third-order valence-electron chi connectivity index (χ3n) is 5.92. The van der Waals surface area contributed by atoms with Crippen LogP contribution in [-0.4, -0.2) is 16.9 Å². The second-order valence-electron chi connectivity index (χ2n) is 7.45. The highest BCUT2D eigenvalue weighted by molar-refractivity contribution is 6.30. The van der Waals surface area contributed by atoms with Crippen molar-refractivity contribution in [3.63, 3.8) is 0 Å². The van der Waals surface area contributed by atoms with Crippen molar-refractivity contribution in [3.8, 4) is 0 Å². The summed E-state index contributed by atoms with van der Waals surface area (Å²) in [5.41, 5.74) is 3.13. The van der Waals surface area contributed by atoms with Gasteiger partial charge in [0.05, 0.1) is 0 Å². The van der Waals surface area contributed by atoms with Crippen LogP contribution in [0.5, 0.6) is 0 Å². The van der Waals surface area contributed by atoms with Crippen molar-refractivity contribution in [1.29, 1.82) is 0 Å². The average molecular weight is 381 g/mol. The second-order valence-corrected chi connectivity index (χ2v) is 7.89.